The van der Waals surface area contributed by atoms with Gasteiger partial charge in [-0.05, 0) is 42.6 Å². The molecule has 2 aromatic carbocycles. The minimum absolute atomic E-state index is 0.437. The summed E-state index contributed by atoms with van der Waals surface area (Å²) in [6, 6.07) is 21.6. The van der Waals surface area contributed by atoms with Crippen LogP contribution in [0.2, 0.25) is 0 Å². The van der Waals surface area contributed by atoms with Crippen molar-refractivity contribution in [3.05, 3.63) is 72.6 Å². The number of allylic oxidation sites excluding steroid dienone is 1. The van der Waals surface area contributed by atoms with Gasteiger partial charge < -0.3 is 0 Å². The topological polar surface area (TPSA) is 0 Å². The molecular formula is C19H23P. The second kappa shape index (κ2) is 7.41. The molecule has 2 aromatic rings. The summed E-state index contributed by atoms with van der Waals surface area (Å²) in [7, 11) is -0.437. The monoisotopic (exact) mass is 282 g/mol. The van der Waals surface area contributed by atoms with Gasteiger partial charge in [0.25, 0.3) is 0 Å². The summed E-state index contributed by atoms with van der Waals surface area (Å²) in [5.74, 6) is 0.732. The highest BCUT2D eigenvalue weighted by atomic mass is 31.1. The Labute approximate surface area is 124 Å². The maximum Gasteiger partial charge on any atom is -0.0154 e. The molecule has 0 nitrogen and oxygen atoms in total. The van der Waals surface area contributed by atoms with Crippen LogP contribution in [-0.4, -0.2) is 0 Å². The molecule has 0 fully saturated rings. The van der Waals surface area contributed by atoms with Crippen molar-refractivity contribution in [3.63, 3.8) is 0 Å². The van der Waals surface area contributed by atoms with Gasteiger partial charge in [0.15, 0.2) is 0 Å². The van der Waals surface area contributed by atoms with Crippen molar-refractivity contribution in [2.24, 2.45) is 5.92 Å². The van der Waals surface area contributed by atoms with Crippen LogP contribution in [-0.2, 0) is 0 Å². The first-order valence-corrected chi connectivity index (χ1v) is 8.60. The van der Waals surface area contributed by atoms with Crippen molar-refractivity contribution in [3.8, 4) is 0 Å². The van der Waals surface area contributed by atoms with E-state index >= 15 is 0 Å². The third-order valence-electron chi connectivity index (χ3n) is 3.36. The van der Waals surface area contributed by atoms with Crippen molar-refractivity contribution in [1.82, 2.24) is 0 Å². The Morgan fingerprint density at radius 1 is 0.900 bits per heavy atom. The lowest BCUT2D eigenvalue weighted by molar-refractivity contribution is 0.592. The van der Waals surface area contributed by atoms with E-state index in [2.05, 4.69) is 81.1 Å². The van der Waals surface area contributed by atoms with Crippen molar-refractivity contribution >= 4 is 18.5 Å². The first-order valence-electron chi connectivity index (χ1n) is 7.26. The van der Waals surface area contributed by atoms with Crippen LogP contribution in [0.3, 0.4) is 0 Å². The van der Waals surface area contributed by atoms with E-state index in [1.807, 2.05) is 0 Å². The highest BCUT2D eigenvalue weighted by Gasteiger charge is 2.16. The Kier molecular flexibility index (Phi) is 5.56. The van der Waals surface area contributed by atoms with Crippen LogP contribution in [0, 0.1) is 5.92 Å². The molecule has 1 heteroatoms. The van der Waals surface area contributed by atoms with E-state index in [1.165, 1.54) is 22.3 Å². The minimum atomic E-state index is -0.437. The molecule has 0 aliphatic carbocycles. The third kappa shape index (κ3) is 4.05. The third-order valence-corrected chi connectivity index (χ3v) is 5.84. The number of rotatable bonds is 6. The van der Waals surface area contributed by atoms with E-state index in [0.29, 0.717) is 0 Å². The van der Waals surface area contributed by atoms with Gasteiger partial charge in [-0.2, -0.15) is 0 Å². The van der Waals surface area contributed by atoms with Crippen molar-refractivity contribution < 1.29 is 0 Å². The van der Waals surface area contributed by atoms with Crippen molar-refractivity contribution in [2.75, 3.05) is 0 Å². The van der Waals surface area contributed by atoms with E-state index in [1.54, 1.807) is 0 Å². The van der Waals surface area contributed by atoms with Crippen molar-refractivity contribution in [1.29, 1.82) is 0 Å². The van der Waals surface area contributed by atoms with Gasteiger partial charge in [0.1, 0.15) is 0 Å². The van der Waals surface area contributed by atoms with Gasteiger partial charge in [0.05, 0.1) is 0 Å². The average molecular weight is 282 g/mol. The largest absolute Gasteiger partial charge is 0.0947 e. The molecule has 0 aliphatic rings. The fraction of sp³-hybridized carbons (Fsp3) is 0.263. The van der Waals surface area contributed by atoms with Crippen molar-refractivity contribution in [2.45, 2.75) is 26.7 Å². The predicted molar refractivity (Wildman–Crippen MR) is 92.3 cm³/mol. The Morgan fingerprint density at radius 3 is 1.75 bits per heavy atom. The minimum Gasteiger partial charge on any atom is -0.0947 e. The van der Waals surface area contributed by atoms with E-state index in [4.69, 9.17) is 0 Å². The van der Waals surface area contributed by atoms with Crippen LogP contribution in [0.1, 0.15) is 26.7 Å². The van der Waals surface area contributed by atoms with Gasteiger partial charge in [0, 0.05) is 0 Å². The Hall–Kier alpha value is -1.39. The molecule has 0 N–H and O–H groups in total. The summed E-state index contributed by atoms with van der Waals surface area (Å²) in [5, 5.41) is 4.19. The summed E-state index contributed by atoms with van der Waals surface area (Å²) in [6.45, 7) is 8.97. The molecule has 2 rings (SSSR count). The van der Waals surface area contributed by atoms with E-state index in [0.717, 1.165) is 12.3 Å². The molecular weight excluding hydrogens is 259 g/mol. The highest BCUT2D eigenvalue weighted by molar-refractivity contribution is 7.76. The van der Waals surface area contributed by atoms with Gasteiger partial charge in [-0.3, -0.25) is 0 Å². The average Bonchev–Trinajstić information content (AvgIpc) is 2.48. The summed E-state index contributed by atoms with van der Waals surface area (Å²) in [5.41, 5.74) is 0. The normalized spacial score (nSPS) is 11.0. The Morgan fingerprint density at radius 2 is 1.35 bits per heavy atom. The lowest BCUT2D eigenvalue weighted by Gasteiger charge is -2.22. The summed E-state index contributed by atoms with van der Waals surface area (Å²) in [6.07, 6.45) is 2.34. The molecule has 104 valence electrons. The zero-order chi connectivity index (χ0) is 14.4. The zero-order valence-electron chi connectivity index (χ0n) is 12.4. The molecule has 0 saturated carbocycles. The number of benzene rings is 2. The lowest BCUT2D eigenvalue weighted by Crippen LogP contribution is -2.12. The van der Waals surface area contributed by atoms with E-state index in [-0.39, 0.29) is 0 Å². The first kappa shape index (κ1) is 15.0. The maximum absolute atomic E-state index is 4.41. The molecule has 20 heavy (non-hydrogen) atoms. The SMILES string of the molecule is C=C(CCC(C)C)P(c1ccccc1)c1ccccc1. The standard InChI is InChI=1S/C19H23P/c1-16(2)14-15-17(3)20(18-10-6-4-7-11-18)19-12-8-5-9-13-19/h4-13,16H,3,14-15H2,1-2H3. The number of hydrogen-bond acceptors (Lipinski definition) is 0. The maximum atomic E-state index is 4.41. The summed E-state index contributed by atoms with van der Waals surface area (Å²) >= 11 is 0. The van der Waals surface area contributed by atoms with Crippen LogP contribution >= 0.6 is 7.92 Å². The van der Waals surface area contributed by atoms with Gasteiger partial charge in [0.2, 0.25) is 0 Å². The Bertz CT molecular complexity index is 489. The second-order valence-electron chi connectivity index (χ2n) is 5.51. The van der Waals surface area contributed by atoms with Gasteiger partial charge >= 0.3 is 0 Å². The van der Waals surface area contributed by atoms with Gasteiger partial charge in [-0.15, -0.1) is 0 Å². The smallest absolute Gasteiger partial charge is 0.0154 e. The number of hydrogen-bond donors (Lipinski definition) is 0. The summed E-state index contributed by atoms with van der Waals surface area (Å²) in [4.78, 5) is 0. The van der Waals surface area contributed by atoms with Crippen LogP contribution in [0.4, 0.5) is 0 Å². The van der Waals surface area contributed by atoms with Crippen LogP contribution < -0.4 is 10.6 Å². The molecule has 0 amide bonds. The predicted octanol–water partition coefficient (Wildman–Crippen LogP) is 5.07. The molecule has 0 aromatic heterocycles. The van der Waals surface area contributed by atoms with E-state index < -0.39 is 7.92 Å². The molecule has 0 radical (unpaired) electrons. The second-order valence-corrected chi connectivity index (χ2v) is 7.84. The molecule has 0 aliphatic heterocycles. The lowest BCUT2D eigenvalue weighted by atomic mass is 10.1. The van der Waals surface area contributed by atoms with Crippen LogP contribution in [0.25, 0.3) is 0 Å². The molecule has 0 heterocycles. The Balaban J connectivity index is 2.28. The molecule has 0 atom stereocenters. The van der Waals surface area contributed by atoms with E-state index in [9.17, 15) is 0 Å². The fourth-order valence-corrected chi connectivity index (χ4v) is 4.56. The van der Waals surface area contributed by atoms with Crippen LogP contribution in [0.15, 0.2) is 72.6 Å². The first-order chi connectivity index (χ1) is 9.68. The quantitative estimate of drug-likeness (QED) is 0.649. The molecule has 0 unspecified atom stereocenters. The fourth-order valence-electron chi connectivity index (χ4n) is 2.24. The van der Waals surface area contributed by atoms with Gasteiger partial charge in [-0.1, -0.05) is 81.1 Å². The molecule has 0 spiro atoms. The highest BCUT2D eigenvalue weighted by Crippen LogP contribution is 2.44. The molecule has 0 saturated heterocycles. The van der Waals surface area contributed by atoms with Crippen LogP contribution in [0.5, 0.6) is 0 Å². The zero-order valence-corrected chi connectivity index (χ0v) is 13.3. The molecule has 0 bridgehead atoms. The van der Waals surface area contributed by atoms with Gasteiger partial charge in [-0.25, -0.2) is 0 Å². The summed E-state index contributed by atoms with van der Waals surface area (Å²) < 4.78 is 0.